The van der Waals surface area contributed by atoms with Crippen molar-refractivity contribution in [2.24, 2.45) is 5.92 Å². The minimum absolute atomic E-state index is 0.117. The Hall–Kier alpha value is -0.830. The summed E-state index contributed by atoms with van der Waals surface area (Å²) in [5.74, 6) is 0.117. The molecule has 1 saturated heterocycles. The monoisotopic (exact) mass is 183 g/mol. The van der Waals surface area contributed by atoms with Crippen molar-refractivity contribution in [3.63, 3.8) is 0 Å². The van der Waals surface area contributed by atoms with E-state index in [1.54, 1.807) is 6.07 Å². The van der Waals surface area contributed by atoms with E-state index in [4.69, 9.17) is 4.42 Å². The summed E-state index contributed by atoms with van der Waals surface area (Å²) in [6.45, 7) is 1.81. The molecule has 0 radical (unpaired) electrons. The highest BCUT2D eigenvalue weighted by Crippen LogP contribution is 2.30. The Morgan fingerprint density at radius 2 is 2.54 bits per heavy atom. The zero-order valence-corrected chi connectivity index (χ0v) is 7.50. The van der Waals surface area contributed by atoms with Crippen LogP contribution in [0.5, 0.6) is 0 Å². The van der Waals surface area contributed by atoms with Gasteiger partial charge in [-0.2, -0.15) is 0 Å². The number of piperidine rings is 1. The summed E-state index contributed by atoms with van der Waals surface area (Å²) in [5.41, 5.74) is 0.675. The lowest BCUT2D eigenvalue weighted by Gasteiger charge is -2.25. The molecule has 2 rings (SSSR count). The van der Waals surface area contributed by atoms with Crippen molar-refractivity contribution >= 4 is 0 Å². The number of furan rings is 1. The first-order chi connectivity index (χ1) is 6.38. The molecule has 1 aliphatic heterocycles. The van der Waals surface area contributed by atoms with Gasteiger partial charge >= 0.3 is 0 Å². The van der Waals surface area contributed by atoms with Crippen molar-refractivity contribution in [1.29, 1.82) is 0 Å². The van der Waals surface area contributed by atoms with Crippen LogP contribution in [0.3, 0.4) is 0 Å². The highest BCUT2D eigenvalue weighted by atomic mass is 19.1. The summed E-state index contributed by atoms with van der Waals surface area (Å²) in [6, 6.07) is 1.71. The maximum absolute atomic E-state index is 13.8. The number of halogens is 1. The van der Waals surface area contributed by atoms with E-state index in [0.29, 0.717) is 5.56 Å². The Kier molecular flexibility index (Phi) is 2.64. The van der Waals surface area contributed by atoms with Crippen LogP contribution in [0, 0.1) is 5.92 Å². The third-order valence-corrected chi connectivity index (χ3v) is 2.61. The second kappa shape index (κ2) is 3.92. The average Bonchev–Trinajstić information content (AvgIpc) is 2.71. The van der Waals surface area contributed by atoms with Crippen LogP contribution < -0.4 is 5.32 Å². The number of hydrogen-bond acceptors (Lipinski definition) is 2. The quantitative estimate of drug-likeness (QED) is 0.761. The molecule has 1 fully saturated rings. The fraction of sp³-hybridized carbons (Fsp3) is 0.600. The minimum atomic E-state index is -0.869. The van der Waals surface area contributed by atoms with Gasteiger partial charge in [-0.3, -0.25) is 0 Å². The number of alkyl halides is 1. The molecular formula is C10H14FNO. The standard InChI is InChI=1S/C10H14FNO/c11-10(9-3-5-13-7-9)8-2-1-4-12-6-8/h3,5,7-8,10,12H,1-2,4,6H2. The largest absolute Gasteiger partial charge is 0.472 e. The number of nitrogens with one attached hydrogen (secondary N) is 1. The Balaban J connectivity index is 1.99. The smallest absolute Gasteiger partial charge is 0.132 e. The van der Waals surface area contributed by atoms with Crippen LogP contribution in [-0.4, -0.2) is 13.1 Å². The molecule has 1 N–H and O–H groups in total. The van der Waals surface area contributed by atoms with E-state index in [1.165, 1.54) is 12.5 Å². The van der Waals surface area contributed by atoms with E-state index in [2.05, 4.69) is 5.32 Å². The summed E-state index contributed by atoms with van der Waals surface area (Å²) >= 11 is 0. The summed E-state index contributed by atoms with van der Waals surface area (Å²) in [4.78, 5) is 0. The molecule has 2 nitrogen and oxygen atoms in total. The van der Waals surface area contributed by atoms with Crippen molar-refractivity contribution in [3.8, 4) is 0 Å². The molecule has 13 heavy (non-hydrogen) atoms. The molecule has 1 aliphatic rings. The van der Waals surface area contributed by atoms with Gasteiger partial charge in [0.2, 0.25) is 0 Å². The third kappa shape index (κ3) is 1.91. The normalized spacial score (nSPS) is 25.8. The fourth-order valence-electron chi connectivity index (χ4n) is 1.83. The van der Waals surface area contributed by atoms with Crippen molar-refractivity contribution in [3.05, 3.63) is 24.2 Å². The molecule has 0 bridgehead atoms. The second-order valence-electron chi connectivity index (χ2n) is 3.56. The second-order valence-corrected chi connectivity index (χ2v) is 3.56. The zero-order chi connectivity index (χ0) is 9.10. The highest BCUT2D eigenvalue weighted by molar-refractivity contribution is 5.10. The van der Waals surface area contributed by atoms with Gasteiger partial charge in [0.1, 0.15) is 6.17 Å². The van der Waals surface area contributed by atoms with Gasteiger partial charge < -0.3 is 9.73 Å². The molecule has 1 aromatic heterocycles. The molecule has 3 heteroatoms. The van der Waals surface area contributed by atoms with Gasteiger partial charge in [-0.15, -0.1) is 0 Å². The van der Waals surface area contributed by atoms with Crippen molar-refractivity contribution in [1.82, 2.24) is 5.32 Å². The molecule has 1 aromatic rings. The molecule has 2 unspecified atom stereocenters. The van der Waals surface area contributed by atoms with E-state index < -0.39 is 6.17 Å². The molecule has 0 saturated carbocycles. The van der Waals surface area contributed by atoms with Crippen LogP contribution in [0.15, 0.2) is 23.0 Å². The SMILES string of the molecule is FC(c1ccoc1)C1CCCNC1. The molecule has 2 atom stereocenters. The average molecular weight is 183 g/mol. The minimum Gasteiger partial charge on any atom is -0.472 e. The first kappa shape index (κ1) is 8.75. The fourth-order valence-corrected chi connectivity index (χ4v) is 1.83. The molecule has 72 valence electrons. The van der Waals surface area contributed by atoms with Crippen molar-refractivity contribution in [2.75, 3.05) is 13.1 Å². The molecule has 2 heterocycles. The number of rotatable bonds is 2. The summed E-state index contributed by atoms with van der Waals surface area (Å²) in [7, 11) is 0. The van der Waals surface area contributed by atoms with Gasteiger partial charge in [0, 0.05) is 18.0 Å². The zero-order valence-electron chi connectivity index (χ0n) is 7.50. The van der Waals surface area contributed by atoms with Crippen LogP contribution in [0.4, 0.5) is 4.39 Å². The van der Waals surface area contributed by atoms with Gasteiger partial charge in [-0.25, -0.2) is 4.39 Å². The first-order valence-corrected chi connectivity index (χ1v) is 4.75. The van der Waals surface area contributed by atoms with Crippen LogP contribution in [0.25, 0.3) is 0 Å². The molecule has 0 aromatic carbocycles. The molecule has 0 spiro atoms. The maximum atomic E-state index is 13.8. The van der Waals surface area contributed by atoms with Gasteiger partial charge in [-0.1, -0.05) is 0 Å². The lowest BCUT2D eigenvalue weighted by atomic mass is 9.92. The maximum Gasteiger partial charge on any atom is 0.132 e. The van der Waals surface area contributed by atoms with E-state index in [-0.39, 0.29) is 5.92 Å². The Bertz CT molecular complexity index is 241. The third-order valence-electron chi connectivity index (χ3n) is 2.61. The predicted octanol–water partition coefficient (Wildman–Crippen LogP) is 2.29. The van der Waals surface area contributed by atoms with Gasteiger partial charge in [-0.05, 0) is 25.5 Å². The predicted molar refractivity (Wildman–Crippen MR) is 48.2 cm³/mol. The number of hydrogen-bond donors (Lipinski definition) is 1. The topological polar surface area (TPSA) is 25.2 Å². The van der Waals surface area contributed by atoms with Crippen LogP contribution in [0.1, 0.15) is 24.6 Å². The lowest BCUT2D eigenvalue weighted by molar-refractivity contribution is 0.193. The lowest BCUT2D eigenvalue weighted by Crippen LogP contribution is -2.32. The molecular weight excluding hydrogens is 169 g/mol. The summed E-state index contributed by atoms with van der Waals surface area (Å²) in [5, 5.41) is 3.21. The summed E-state index contributed by atoms with van der Waals surface area (Å²) in [6.07, 6.45) is 4.20. The van der Waals surface area contributed by atoms with E-state index in [9.17, 15) is 4.39 Å². The van der Waals surface area contributed by atoms with Crippen LogP contribution in [-0.2, 0) is 0 Å². The van der Waals surface area contributed by atoms with Gasteiger partial charge in [0.05, 0.1) is 12.5 Å². The van der Waals surface area contributed by atoms with Gasteiger partial charge in [0.25, 0.3) is 0 Å². The summed E-state index contributed by atoms with van der Waals surface area (Å²) < 4.78 is 18.6. The van der Waals surface area contributed by atoms with Gasteiger partial charge in [0.15, 0.2) is 0 Å². The van der Waals surface area contributed by atoms with Crippen molar-refractivity contribution < 1.29 is 8.81 Å². The van der Waals surface area contributed by atoms with Crippen LogP contribution in [0.2, 0.25) is 0 Å². The molecule has 0 aliphatic carbocycles. The molecule has 0 amide bonds. The van der Waals surface area contributed by atoms with E-state index in [1.807, 2.05) is 0 Å². The Morgan fingerprint density at radius 1 is 1.62 bits per heavy atom. The van der Waals surface area contributed by atoms with E-state index >= 15 is 0 Å². The Morgan fingerprint density at radius 3 is 3.15 bits per heavy atom. The van der Waals surface area contributed by atoms with E-state index in [0.717, 1.165) is 25.9 Å². The first-order valence-electron chi connectivity index (χ1n) is 4.75. The van der Waals surface area contributed by atoms with Crippen LogP contribution >= 0.6 is 0 Å². The Labute approximate surface area is 77.1 Å². The highest BCUT2D eigenvalue weighted by Gasteiger charge is 2.24. The van der Waals surface area contributed by atoms with Crippen molar-refractivity contribution in [2.45, 2.75) is 19.0 Å².